The van der Waals surface area contributed by atoms with Crippen molar-refractivity contribution in [2.45, 2.75) is 32.6 Å². The molecule has 7 nitrogen and oxygen atoms in total. The number of aryl methyl sites for hydroxylation is 2. The number of amides is 1. The maximum Gasteiger partial charge on any atom is 0.252 e. The van der Waals surface area contributed by atoms with E-state index in [2.05, 4.69) is 24.8 Å². The lowest BCUT2D eigenvalue weighted by atomic mass is 9.97. The lowest BCUT2D eigenvalue weighted by molar-refractivity contribution is 0.0999. The first-order valence-electron chi connectivity index (χ1n) is 7.71. The summed E-state index contributed by atoms with van der Waals surface area (Å²) in [5, 5.41) is 0. The number of nitrogens with zero attached hydrogens (tertiary/aromatic N) is 5. The highest BCUT2D eigenvalue weighted by molar-refractivity contribution is 5.93. The zero-order valence-electron chi connectivity index (χ0n) is 13.4. The molecule has 0 radical (unpaired) electrons. The molecule has 0 aromatic carbocycles. The van der Waals surface area contributed by atoms with Crippen LogP contribution in [0.15, 0.2) is 18.6 Å². The third-order valence-electron chi connectivity index (χ3n) is 4.16. The molecule has 1 unspecified atom stereocenters. The summed E-state index contributed by atoms with van der Waals surface area (Å²) in [6, 6.07) is 1.99. The zero-order valence-corrected chi connectivity index (χ0v) is 13.4. The Labute approximate surface area is 135 Å². The summed E-state index contributed by atoms with van der Waals surface area (Å²) in [5.74, 6) is 1.44. The fourth-order valence-corrected chi connectivity index (χ4v) is 2.93. The number of nitrogens with two attached hydrogens (primary N) is 1. The molecule has 1 aliphatic heterocycles. The van der Waals surface area contributed by atoms with E-state index in [1.807, 2.05) is 13.0 Å². The van der Waals surface area contributed by atoms with E-state index in [9.17, 15) is 4.79 Å². The Morgan fingerprint density at radius 1 is 1.30 bits per heavy atom. The number of piperidine rings is 1. The summed E-state index contributed by atoms with van der Waals surface area (Å²) >= 11 is 0. The number of aromatic nitrogens is 4. The van der Waals surface area contributed by atoms with Crippen LogP contribution in [0.3, 0.4) is 0 Å². The Kier molecular flexibility index (Phi) is 4.18. The molecule has 2 N–H and O–H groups in total. The number of carbonyl (C=O) groups excluding carboxylic acids is 1. The van der Waals surface area contributed by atoms with Gasteiger partial charge in [-0.25, -0.2) is 19.9 Å². The number of hydrogen-bond acceptors (Lipinski definition) is 6. The molecule has 7 heteroatoms. The van der Waals surface area contributed by atoms with Crippen molar-refractivity contribution in [3.63, 3.8) is 0 Å². The van der Waals surface area contributed by atoms with Crippen molar-refractivity contribution in [1.29, 1.82) is 0 Å². The van der Waals surface area contributed by atoms with Gasteiger partial charge >= 0.3 is 0 Å². The van der Waals surface area contributed by atoms with E-state index in [4.69, 9.17) is 5.73 Å². The molecule has 2 aromatic rings. The van der Waals surface area contributed by atoms with Crippen LogP contribution in [0.1, 0.15) is 46.3 Å². The van der Waals surface area contributed by atoms with Gasteiger partial charge in [0.25, 0.3) is 5.91 Å². The zero-order chi connectivity index (χ0) is 16.4. The van der Waals surface area contributed by atoms with Crippen LogP contribution in [0.4, 0.5) is 5.82 Å². The number of primary amides is 1. The second kappa shape index (κ2) is 6.28. The maximum absolute atomic E-state index is 11.3. The first-order valence-corrected chi connectivity index (χ1v) is 7.71. The van der Waals surface area contributed by atoms with Crippen LogP contribution in [-0.2, 0) is 0 Å². The Morgan fingerprint density at radius 2 is 2.13 bits per heavy atom. The quantitative estimate of drug-likeness (QED) is 0.919. The minimum Gasteiger partial charge on any atom is -0.365 e. The largest absolute Gasteiger partial charge is 0.365 e. The first kappa shape index (κ1) is 15.3. The van der Waals surface area contributed by atoms with Gasteiger partial charge in [0.15, 0.2) is 0 Å². The minimum atomic E-state index is -0.490. The van der Waals surface area contributed by atoms with Gasteiger partial charge < -0.3 is 10.6 Å². The molecule has 3 heterocycles. The van der Waals surface area contributed by atoms with E-state index < -0.39 is 5.91 Å². The van der Waals surface area contributed by atoms with Gasteiger partial charge in [-0.15, -0.1) is 0 Å². The fourth-order valence-electron chi connectivity index (χ4n) is 2.93. The van der Waals surface area contributed by atoms with Gasteiger partial charge in [0.2, 0.25) is 0 Å². The van der Waals surface area contributed by atoms with Crippen LogP contribution >= 0.6 is 0 Å². The topological polar surface area (TPSA) is 97.9 Å². The number of rotatable bonds is 3. The molecule has 1 aliphatic rings. The Morgan fingerprint density at radius 3 is 2.83 bits per heavy atom. The van der Waals surface area contributed by atoms with E-state index in [1.54, 1.807) is 13.3 Å². The van der Waals surface area contributed by atoms with Crippen LogP contribution < -0.4 is 10.6 Å². The van der Waals surface area contributed by atoms with E-state index >= 15 is 0 Å². The van der Waals surface area contributed by atoms with Crippen molar-refractivity contribution < 1.29 is 4.79 Å². The summed E-state index contributed by atoms with van der Waals surface area (Å²) < 4.78 is 0. The molecule has 1 saturated heterocycles. The third-order valence-corrected chi connectivity index (χ3v) is 4.16. The lowest BCUT2D eigenvalue weighted by Crippen LogP contribution is -2.35. The second-order valence-corrected chi connectivity index (χ2v) is 5.89. The van der Waals surface area contributed by atoms with Gasteiger partial charge in [-0.05, 0) is 26.7 Å². The molecule has 0 bridgehead atoms. The van der Waals surface area contributed by atoms with Crippen LogP contribution in [0, 0.1) is 13.8 Å². The van der Waals surface area contributed by atoms with Crippen molar-refractivity contribution in [2.24, 2.45) is 5.73 Å². The van der Waals surface area contributed by atoms with Gasteiger partial charge in [-0.3, -0.25) is 4.79 Å². The van der Waals surface area contributed by atoms with Crippen molar-refractivity contribution in [1.82, 2.24) is 19.9 Å². The SMILES string of the molecule is Cc1cc(N2CCCC(c3ncc(C(N)=O)c(C)n3)C2)ncn1. The Balaban J connectivity index is 1.81. The van der Waals surface area contributed by atoms with Crippen LogP contribution in [-0.4, -0.2) is 38.9 Å². The molecule has 2 aromatic heterocycles. The highest BCUT2D eigenvalue weighted by atomic mass is 16.1. The molecule has 0 saturated carbocycles. The summed E-state index contributed by atoms with van der Waals surface area (Å²) in [4.78, 5) is 30.9. The summed E-state index contributed by atoms with van der Waals surface area (Å²) in [6.07, 6.45) is 5.20. The fraction of sp³-hybridized carbons (Fsp3) is 0.438. The molecule has 1 fully saturated rings. The first-order chi connectivity index (χ1) is 11.0. The van der Waals surface area contributed by atoms with E-state index in [0.717, 1.165) is 43.3 Å². The molecule has 3 rings (SSSR count). The highest BCUT2D eigenvalue weighted by Gasteiger charge is 2.25. The predicted molar refractivity (Wildman–Crippen MR) is 86.2 cm³/mol. The van der Waals surface area contributed by atoms with Crippen molar-refractivity contribution in [3.8, 4) is 0 Å². The monoisotopic (exact) mass is 312 g/mol. The smallest absolute Gasteiger partial charge is 0.252 e. The Bertz CT molecular complexity index is 732. The summed E-state index contributed by atoms with van der Waals surface area (Å²) in [7, 11) is 0. The standard InChI is InChI=1S/C16H20N6O/c1-10-6-14(20-9-19-10)22-5-3-4-12(8-22)16-18-7-13(15(17)23)11(2)21-16/h6-7,9,12H,3-5,8H2,1-2H3,(H2,17,23). The number of carbonyl (C=O) groups is 1. The van der Waals surface area contributed by atoms with Gasteiger partial charge in [0.1, 0.15) is 18.0 Å². The normalized spacial score (nSPS) is 18.0. The van der Waals surface area contributed by atoms with Crippen molar-refractivity contribution in [2.75, 3.05) is 18.0 Å². The molecular weight excluding hydrogens is 292 g/mol. The second-order valence-electron chi connectivity index (χ2n) is 5.89. The van der Waals surface area contributed by atoms with E-state index in [1.165, 1.54) is 6.20 Å². The summed E-state index contributed by atoms with van der Waals surface area (Å²) in [5.41, 5.74) is 7.29. The third kappa shape index (κ3) is 3.28. The van der Waals surface area contributed by atoms with Crippen LogP contribution in [0.2, 0.25) is 0 Å². The van der Waals surface area contributed by atoms with E-state index in [-0.39, 0.29) is 5.92 Å². The maximum atomic E-state index is 11.3. The van der Waals surface area contributed by atoms with Crippen molar-refractivity contribution in [3.05, 3.63) is 41.4 Å². The molecule has 23 heavy (non-hydrogen) atoms. The molecule has 1 atom stereocenters. The average Bonchev–Trinajstić information content (AvgIpc) is 2.54. The van der Waals surface area contributed by atoms with Crippen LogP contribution in [0.25, 0.3) is 0 Å². The highest BCUT2D eigenvalue weighted by Crippen LogP contribution is 2.27. The van der Waals surface area contributed by atoms with Gasteiger partial charge in [0.05, 0.1) is 11.3 Å². The Hall–Kier alpha value is -2.57. The number of hydrogen-bond donors (Lipinski definition) is 1. The van der Waals surface area contributed by atoms with Crippen LogP contribution in [0.5, 0.6) is 0 Å². The molecule has 120 valence electrons. The predicted octanol–water partition coefficient (Wildman–Crippen LogP) is 1.37. The molecular formula is C16H20N6O. The average molecular weight is 312 g/mol. The van der Waals surface area contributed by atoms with Gasteiger partial charge in [-0.2, -0.15) is 0 Å². The lowest BCUT2D eigenvalue weighted by Gasteiger charge is -2.33. The summed E-state index contributed by atoms with van der Waals surface area (Å²) in [6.45, 7) is 5.53. The van der Waals surface area contributed by atoms with Gasteiger partial charge in [-0.1, -0.05) is 0 Å². The number of anilines is 1. The molecule has 0 aliphatic carbocycles. The van der Waals surface area contributed by atoms with Gasteiger partial charge in [0, 0.05) is 37.0 Å². The minimum absolute atomic E-state index is 0.222. The molecule has 0 spiro atoms. The van der Waals surface area contributed by atoms with E-state index in [0.29, 0.717) is 11.3 Å². The van der Waals surface area contributed by atoms with Crippen molar-refractivity contribution >= 4 is 11.7 Å². The molecule has 1 amide bonds.